The fraction of sp³-hybridized carbons (Fsp3) is 0.444. The average molecular weight is 454 g/mol. The second kappa shape index (κ2) is 11.2. The molecule has 0 atom stereocenters. The van der Waals surface area contributed by atoms with E-state index in [1.807, 2.05) is 58.0 Å². The number of ether oxygens (including phenoxy) is 4. The SMILES string of the molecule is CCCc1cc2cc(OCCO)c(OC)cc2c(-c2cc(OC(C)C)cc(OC(C)C)c2)n1. The summed E-state index contributed by atoms with van der Waals surface area (Å²) in [5, 5.41) is 11.1. The summed E-state index contributed by atoms with van der Waals surface area (Å²) in [6.45, 7) is 10.3. The molecule has 0 bridgehead atoms. The first-order chi connectivity index (χ1) is 15.8. The number of benzene rings is 2. The van der Waals surface area contributed by atoms with Crippen LogP contribution in [0.4, 0.5) is 0 Å². The quantitative estimate of drug-likeness (QED) is 0.395. The van der Waals surface area contributed by atoms with Crippen LogP contribution in [0.25, 0.3) is 22.0 Å². The number of aromatic nitrogens is 1. The molecular weight excluding hydrogens is 418 g/mol. The van der Waals surface area contributed by atoms with Gasteiger partial charge in [0, 0.05) is 22.7 Å². The number of aliphatic hydroxyl groups excluding tert-OH is 1. The Labute approximate surface area is 196 Å². The first kappa shape index (κ1) is 24.6. The summed E-state index contributed by atoms with van der Waals surface area (Å²) in [7, 11) is 1.61. The van der Waals surface area contributed by atoms with Crippen LogP contribution in [0.1, 0.15) is 46.7 Å². The van der Waals surface area contributed by atoms with Crippen LogP contribution >= 0.6 is 0 Å². The van der Waals surface area contributed by atoms with Crippen molar-refractivity contribution < 1.29 is 24.1 Å². The highest BCUT2D eigenvalue weighted by Gasteiger charge is 2.16. The zero-order valence-electron chi connectivity index (χ0n) is 20.5. The third-order valence-electron chi connectivity index (χ3n) is 4.92. The molecule has 6 heteroatoms. The smallest absolute Gasteiger partial charge is 0.161 e. The summed E-state index contributed by atoms with van der Waals surface area (Å²) in [4.78, 5) is 5.02. The van der Waals surface area contributed by atoms with Crippen LogP contribution in [0.2, 0.25) is 0 Å². The molecule has 1 aromatic heterocycles. The molecule has 0 radical (unpaired) electrons. The molecule has 3 rings (SSSR count). The maximum absolute atomic E-state index is 9.19. The highest BCUT2D eigenvalue weighted by atomic mass is 16.5. The molecule has 0 spiro atoms. The number of methoxy groups -OCH3 is 1. The molecule has 0 aliphatic carbocycles. The van der Waals surface area contributed by atoms with Crippen LogP contribution in [0.15, 0.2) is 36.4 Å². The van der Waals surface area contributed by atoms with Crippen molar-refractivity contribution in [3.8, 4) is 34.3 Å². The van der Waals surface area contributed by atoms with Gasteiger partial charge in [-0.3, -0.25) is 4.98 Å². The lowest BCUT2D eigenvalue weighted by Crippen LogP contribution is -2.08. The number of rotatable bonds is 11. The van der Waals surface area contributed by atoms with Crippen LogP contribution in [-0.4, -0.2) is 42.6 Å². The lowest BCUT2D eigenvalue weighted by atomic mass is 10.0. The Hall–Kier alpha value is -2.99. The summed E-state index contributed by atoms with van der Waals surface area (Å²) in [5.41, 5.74) is 2.75. The molecule has 0 fully saturated rings. The van der Waals surface area contributed by atoms with Gasteiger partial charge in [0.05, 0.1) is 31.6 Å². The van der Waals surface area contributed by atoms with Gasteiger partial charge in [-0.05, 0) is 69.8 Å². The van der Waals surface area contributed by atoms with Gasteiger partial charge in [0.25, 0.3) is 0 Å². The third-order valence-corrected chi connectivity index (χ3v) is 4.92. The van der Waals surface area contributed by atoms with Crippen LogP contribution in [0.5, 0.6) is 23.0 Å². The van der Waals surface area contributed by atoms with E-state index in [1.54, 1.807) is 7.11 Å². The number of aryl methyl sites for hydroxylation is 1. The van der Waals surface area contributed by atoms with Gasteiger partial charge in [0.2, 0.25) is 0 Å². The van der Waals surface area contributed by atoms with Crippen molar-refractivity contribution in [3.05, 3.63) is 42.1 Å². The van der Waals surface area contributed by atoms with E-state index >= 15 is 0 Å². The number of hydrogen-bond donors (Lipinski definition) is 1. The van der Waals surface area contributed by atoms with Crippen LogP contribution < -0.4 is 18.9 Å². The molecule has 0 saturated carbocycles. The Balaban J connectivity index is 2.25. The second-order valence-electron chi connectivity index (χ2n) is 8.53. The van der Waals surface area contributed by atoms with Crippen molar-refractivity contribution >= 4 is 10.8 Å². The molecule has 0 aliphatic heterocycles. The summed E-state index contributed by atoms with van der Waals surface area (Å²) in [5.74, 6) is 2.67. The summed E-state index contributed by atoms with van der Waals surface area (Å²) in [6, 6.07) is 11.9. The zero-order valence-corrected chi connectivity index (χ0v) is 20.5. The van der Waals surface area contributed by atoms with E-state index in [4.69, 9.17) is 23.9 Å². The molecule has 178 valence electrons. The van der Waals surface area contributed by atoms with E-state index in [9.17, 15) is 5.11 Å². The Morgan fingerprint density at radius 2 is 1.55 bits per heavy atom. The van der Waals surface area contributed by atoms with Crippen LogP contribution in [0.3, 0.4) is 0 Å². The summed E-state index contributed by atoms with van der Waals surface area (Å²) in [6.07, 6.45) is 1.92. The van der Waals surface area contributed by atoms with Gasteiger partial charge in [-0.25, -0.2) is 0 Å². The predicted molar refractivity (Wildman–Crippen MR) is 132 cm³/mol. The first-order valence-electron chi connectivity index (χ1n) is 11.6. The van der Waals surface area contributed by atoms with Gasteiger partial charge < -0.3 is 24.1 Å². The Morgan fingerprint density at radius 3 is 2.09 bits per heavy atom. The molecule has 6 nitrogen and oxygen atoms in total. The average Bonchev–Trinajstić information content (AvgIpc) is 2.75. The summed E-state index contributed by atoms with van der Waals surface area (Å²) >= 11 is 0. The minimum atomic E-state index is -0.0643. The van der Waals surface area contributed by atoms with Crippen LogP contribution in [-0.2, 0) is 6.42 Å². The molecule has 1 heterocycles. The van der Waals surface area contributed by atoms with Crippen molar-refractivity contribution in [1.82, 2.24) is 4.98 Å². The Kier molecular flexibility index (Phi) is 8.39. The fourth-order valence-electron chi connectivity index (χ4n) is 3.74. The summed E-state index contributed by atoms with van der Waals surface area (Å²) < 4.78 is 23.4. The van der Waals surface area contributed by atoms with E-state index in [0.29, 0.717) is 11.5 Å². The monoisotopic (exact) mass is 453 g/mol. The lowest BCUT2D eigenvalue weighted by Gasteiger charge is -2.18. The molecule has 2 aromatic carbocycles. The molecule has 0 unspecified atom stereocenters. The minimum absolute atomic E-state index is 0.0367. The largest absolute Gasteiger partial charge is 0.493 e. The Bertz CT molecular complexity index is 1050. The first-order valence-corrected chi connectivity index (χ1v) is 11.6. The molecule has 3 aromatic rings. The van der Waals surface area contributed by atoms with Crippen molar-refractivity contribution in [2.45, 2.75) is 59.7 Å². The van der Waals surface area contributed by atoms with Gasteiger partial charge in [0.1, 0.15) is 18.1 Å². The zero-order chi connectivity index (χ0) is 24.0. The number of pyridine rings is 1. The van der Waals surface area contributed by atoms with Crippen molar-refractivity contribution in [1.29, 1.82) is 0 Å². The fourth-order valence-corrected chi connectivity index (χ4v) is 3.74. The number of aliphatic hydroxyl groups is 1. The van der Waals surface area contributed by atoms with Crippen LogP contribution in [0, 0.1) is 0 Å². The topological polar surface area (TPSA) is 70.0 Å². The number of fused-ring (bicyclic) bond motifs is 1. The maximum atomic E-state index is 9.19. The van der Waals surface area contributed by atoms with Gasteiger partial charge >= 0.3 is 0 Å². The normalized spacial score (nSPS) is 11.3. The van der Waals surface area contributed by atoms with E-state index in [2.05, 4.69) is 13.0 Å². The minimum Gasteiger partial charge on any atom is -0.493 e. The highest BCUT2D eigenvalue weighted by molar-refractivity contribution is 5.97. The molecule has 1 N–H and O–H groups in total. The predicted octanol–water partition coefficient (Wildman–Crippen LogP) is 5.81. The number of hydrogen-bond acceptors (Lipinski definition) is 6. The second-order valence-corrected chi connectivity index (χ2v) is 8.53. The lowest BCUT2D eigenvalue weighted by molar-refractivity contribution is 0.196. The van der Waals surface area contributed by atoms with E-state index in [0.717, 1.165) is 52.1 Å². The van der Waals surface area contributed by atoms with Gasteiger partial charge in [-0.15, -0.1) is 0 Å². The van der Waals surface area contributed by atoms with Gasteiger partial charge in [-0.2, -0.15) is 0 Å². The van der Waals surface area contributed by atoms with E-state index in [1.165, 1.54) is 0 Å². The molecule has 0 aliphatic rings. The van der Waals surface area contributed by atoms with Crippen molar-refractivity contribution in [2.75, 3.05) is 20.3 Å². The van der Waals surface area contributed by atoms with E-state index < -0.39 is 0 Å². The van der Waals surface area contributed by atoms with Gasteiger partial charge in [0.15, 0.2) is 11.5 Å². The Morgan fingerprint density at radius 1 is 0.879 bits per heavy atom. The third kappa shape index (κ3) is 6.29. The van der Waals surface area contributed by atoms with E-state index in [-0.39, 0.29) is 25.4 Å². The molecule has 0 amide bonds. The number of nitrogens with zero attached hydrogens (tertiary/aromatic N) is 1. The molecule has 33 heavy (non-hydrogen) atoms. The maximum Gasteiger partial charge on any atom is 0.161 e. The van der Waals surface area contributed by atoms with Crippen molar-refractivity contribution in [3.63, 3.8) is 0 Å². The molecule has 0 saturated heterocycles. The highest BCUT2D eigenvalue weighted by Crippen LogP contribution is 2.39. The molecular formula is C27H35NO5. The standard InChI is InChI=1S/C27H35NO5/c1-7-8-21-11-19-14-26(31-10-9-29)25(30-6)16-24(19)27(28-21)20-12-22(32-17(2)3)15-23(13-20)33-18(4)5/h11-18,29H,7-10H2,1-6H3. The van der Waals surface area contributed by atoms with Crippen molar-refractivity contribution in [2.24, 2.45) is 0 Å². The van der Waals surface area contributed by atoms with Gasteiger partial charge in [-0.1, -0.05) is 13.3 Å².